The lowest BCUT2D eigenvalue weighted by Crippen LogP contribution is -2.33. The highest BCUT2D eigenvalue weighted by molar-refractivity contribution is 5.71. The third-order valence-electron chi connectivity index (χ3n) is 6.21. The van der Waals surface area contributed by atoms with Gasteiger partial charge in [-0.25, -0.2) is 0 Å². The number of nitrogens with zero attached hydrogens (tertiary/aromatic N) is 1. The number of rotatable bonds is 11. The van der Waals surface area contributed by atoms with Gasteiger partial charge in [0.15, 0.2) is 6.29 Å². The number of ether oxygens (including phenoxy) is 3. The topological polar surface area (TPSA) is 51.2 Å². The lowest BCUT2D eigenvalue weighted by atomic mass is 10.0. The van der Waals surface area contributed by atoms with Gasteiger partial charge in [-0.3, -0.25) is 0 Å². The summed E-state index contributed by atoms with van der Waals surface area (Å²) in [6.45, 7) is 6.10. The molecule has 0 bridgehead atoms. The average Bonchev–Trinajstić information content (AvgIpc) is 3.02. The van der Waals surface area contributed by atoms with E-state index in [9.17, 15) is 5.11 Å². The summed E-state index contributed by atoms with van der Waals surface area (Å²) in [5.74, 6) is 0.832. The van der Waals surface area contributed by atoms with Crippen molar-refractivity contribution in [3.63, 3.8) is 0 Å². The van der Waals surface area contributed by atoms with Crippen LogP contribution in [0.2, 0.25) is 0 Å². The smallest absolute Gasteiger partial charge is 0.181 e. The van der Waals surface area contributed by atoms with Gasteiger partial charge in [0.25, 0.3) is 0 Å². The van der Waals surface area contributed by atoms with Crippen LogP contribution >= 0.6 is 0 Å². The Morgan fingerprint density at radius 2 is 1.38 bits per heavy atom. The quantitative estimate of drug-likeness (QED) is 0.393. The molecule has 5 nitrogen and oxygen atoms in total. The number of anilines is 2. The van der Waals surface area contributed by atoms with E-state index in [4.69, 9.17) is 14.2 Å². The Balaban J connectivity index is 1.39. The first kappa shape index (κ1) is 24.3. The molecule has 0 aromatic heterocycles. The lowest BCUT2D eigenvalue weighted by molar-refractivity contribution is -0.174. The molecule has 5 heteroatoms. The molecule has 2 atom stereocenters. The van der Waals surface area contributed by atoms with E-state index in [0.29, 0.717) is 26.2 Å². The molecule has 0 aliphatic carbocycles. The maximum absolute atomic E-state index is 10.2. The monoisotopic (exact) mass is 461 g/mol. The molecule has 1 N–H and O–H groups in total. The van der Waals surface area contributed by atoms with Gasteiger partial charge >= 0.3 is 0 Å². The van der Waals surface area contributed by atoms with Crippen molar-refractivity contribution in [1.29, 1.82) is 0 Å². The van der Waals surface area contributed by atoms with E-state index in [1.807, 2.05) is 38.1 Å². The van der Waals surface area contributed by atoms with Gasteiger partial charge in [-0.2, -0.15) is 0 Å². The molecule has 1 aliphatic rings. The zero-order valence-corrected chi connectivity index (χ0v) is 20.2. The Morgan fingerprint density at radius 3 is 1.97 bits per heavy atom. The second-order valence-electron chi connectivity index (χ2n) is 8.45. The molecule has 2 unspecified atom stereocenters. The van der Waals surface area contributed by atoms with Crippen LogP contribution in [0, 0.1) is 0 Å². The Bertz CT molecular complexity index is 989. The van der Waals surface area contributed by atoms with Gasteiger partial charge in [0.1, 0.15) is 18.5 Å². The third-order valence-corrected chi connectivity index (χ3v) is 6.21. The lowest BCUT2D eigenvalue weighted by Gasteiger charge is -2.27. The highest BCUT2D eigenvalue weighted by atomic mass is 16.6. The van der Waals surface area contributed by atoms with Gasteiger partial charge in [0.05, 0.1) is 6.54 Å². The standard InChI is InChI=1S/C29H35NO4/c1-3-32-28(29(31)33-4-2)21-22-13-17-25(18-14-22)34-20-19-30-26-11-7-5-9-23(26)15-16-24-10-6-8-12-27(24)30/h5-14,17-18,28-29,31H,3-4,15-16,19-21H2,1-2H3. The largest absolute Gasteiger partial charge is 0.492 e. The minimum atomic E-state index is -0.930. The number of benzene rings is 3. The van der Waals surface area contributed by atoms with E-state index in [1.54, 1.807) is 0 Å². The molecule has 34 heavy (non-hydrogen) atoms. The number of aryl methyl sites for hydroxylation is 2. The molecule has 0 amide bonds. The molecule has 0 spiro atoms. The number of para-hydroxylation sites is 2. The van der Waals surface area contributed by atoms with E-state index in [1.165, 1.54) is 22.5 Å². The van der Waals surface area contributed by atoms with Crippen LogP contribution in [-0.4, -0.2) is 43.9 Å². The maximum atomic E-state index is 10.2. The van der Waals surface area contributed by atoms with Crippen molar-refractivity contribution in [2.24, 2.45) is 0 Å². The second kappa shape index (κ2) is 12.0. The summed E-state index contributed by atoms with van der Waals surface area (Å²) in [5.41, 5.74) is 6.35. The minimum absolute atomic E-state index is 0.389. The van der Waals surface area contributed by atoms with Crippen LogP contribution in [0.3, 0.4) is 0 Å². The van der Waals surface area contributed by atoms with E-state index in [2.05, 4.69) is 53.4 Å². The minimum Gasteiger partial charge on any atom is -0.492 e. The Labute approximate surface area is 202 Å². The van der Waals surface area contributed by atoms with Crippen LogP contribution in [0.25, 0.3) is 0 Å². The predicted octanol–water partition coefficient (Wildman–Crippen LogP) is 5.30. The Morgan fingerprint density at radius 1 is 0.794 bits per heavy atom. The molecule has 3 aromatic carbocycles. The van der Waals surface area contributed by atoms with Crippen molar-refractivity contribution in [2.45, 2.75) is 45.5 Å². The van der Waals surface area contributed by atoms with Gasteiger partial charge in [0.2, 0.25) is 0 Å². The number of aliphatic hydroxyl groups is 1. The number of hydrogen-bond acceptors (Lipinski definition) is 5. The molecule has 0 fully saturated rings. The van der Waals surface area contributed by atoms with Gasteiger partial charge in [-0.15, -0.1) is 0 Å². The molecule has 4 rings (SSSR count). The number of aliphatic hydroxyl groups excluding tert-OH is 1. The van der Waals surface area contributed by atoms with Crippen LogP contribution in [0.4, 0.5) is 11.4 Å². The molecule has 180 valence electrons. The van der Waals surface area contributed by atoms with Gasteiger partial charge in [0, 0.05) is 31.0 Å². The first-order chi connectivity index (χ1) is 16.7. The van der Waals surface area contributed by atoms with Crippen molar-refractivity contribution in [3.8, 4) is 5.75 Å². The number of hydrogen-bond donors (Lipinski definition) is 1. The summed E-state index contributed by atoms with van der Waals surface area (Å²) < 4.78 is 17.1. The highest BCUT2D eigenvalue weighted by Crippen LogP contribution is 2.35. The summed E-state index contributed by atoms with van der Waals surface area (Å²) in [4.78, 5) is 2.38. The molecule has 1 heterocycles. The molecular formula is C29H35NO4. The van der Waals surface area contributed by atoms with Gasteiger partial charge in [-0.05, 0) is 67.6 Å². The summed E-state index contributed by atoms with van der Waals surface area (Å²) >= 11 is 0. The molecule has 3 aromatic rings. The molecule has 0 saturated carbocycles. The van der Waals surface area contributed by atoms with Gasteiger partial charge < -0.3 is 24.2 Å². The zero-order chi connectivity index (χ0) is 23.8. The fraction of sp³-hybridized carbons (Fsp3) is 0.379. The molecule has 0 radical (unpaired) electrons. The Hall–Kier alpha value is -2.86. The third kappa shape index (κ3) is 5.98. The first-order valence-corrected chi connectivity index (χ1v) is 12.3. The molecular weight excluding hydrogens is 426 g/mol. The van der Waals surface area contributed by atoms with E-state index < -0.39 is 6.29 Å². The van der Waals surface area contributed by atoms with Crippen LogP contribution in [0.15, 0.2) is 72.8 Å². The van der Waals surface area contributed by atoms with Gasteiger partial charge in [-0.1, -0.05) is 48.5 Å². The van der Waals surface area contributed by atoms with Crippen LogP contribution in [-0.2, 0) is 28.7 Å². The summed E-state index contributed by atoms with van der Waals surface area (Å²) in [6, 6.07) is 25.3. The number of fused-ring (bicyclic) bond motifs is 2. The average molecular weight is 462 g/mol. The second-order valence-corrected chi connectivity index (χ2v) is 8.45. The van der Waals surface area contributed by atoms with E-state index >= 15 is 0 Å². The van der Waals surface area contributed by atoms with E-state index in [-0.39, 0.29) is 6.10 Å². The van der Waals surface area contributed by atoms with Crippen molar-refractivity contribution in [1.82, 2.24) is 0 Å². The van der Waals surface area contributed by atoms with Crippen LogP contribution in [0.5, 0.6) is 5.75 Å². The fourth-order valence-electron chi connectivity index (χ4n) is 4.55. The van der Waals surface area contributed by atoms with Crippen LogP contribution in [0.1, 0.15) is 30.5 Å². The SMILES string of the molecule is CCOC(O)C(Cc1ccc(OCCN2c3ccccc3CCc3ccccc32)cc1)OCC. The van der Waals surface area contributed by atoms with Crippen molar-refractivity contribution >= 4 is 11.4 Å². The van der Waals surface area contributed by atoms with Crippen molar-refractivity contribution < 1.29 is 19.3 Å². The van der Waals surface area contributed by atoms with E-state index in [0.717, 1.165) is 30.7 Å². The summed E-state index contributed by atoms with van der Waals surface area (Å²) in [6.07, 6.45) is 1.36. The van der Waals surface area contributed by atoms with Crippen molar-refractivity contribution in [2.75, 3.05) is 31.3 Å². The zero-order valence-electron chi connectivity index (χ0n) is 20.2. The van der Waals surface area contributed by atoms with Crippen molar-refractivity contribution in [3.05, 3.63) is 89.5 Å². The maximum Gasteiger partial charge on any atom is 0.181 e. The summed E-state index contributed by atoms with van der Waals surface area (Å²) in [7, 11) is 0. The first-order valence-electron chi connectivity index (χ1n) is 12.3. The molecule has 0 saturated heterocycles. The highest BCUT2D eigenvalue weighted by Gasteiger charge is 2.21. The predicted molar refractivity (Wildman–Crippen MR) is 136 cm³/mol. The normalized spacial score (nSPS) is 14.6. The summed E-state index contributed by atoms with van der Waals surface area (Å²) in [5, 5.41) is 10.2. The Kier molecular flexibility index (Phi) is 8.58. The fourth-order valence-corrected chi connectivity index (χ4v) is 4.55. The van der Waals surface area contributed by atoms with Crippen LogP contribution < -0.4 is 9.64 Å². The molecule has 1 aliphatic heterocycles.